The molecule has 0 aromatic heterocycles. The second-order valence-electron chi connectivity index (χ2n) is 8.93. The Bertz CT molecular complexity index is 378. The number of hydrogen-bond donors (Lipinski definition) is 1. The zero-order valence-corrected chi connectivity index (χ0v) is 21.2. The lowest BCUT2D eigenvalue weighted by atomic mass is 9.99. The molecule has 2 atom stereocenters. The predicted molar refractivity (Wildman–Crippen MR) is 131 cm³/mol. The van der Waals surface area contributed by atoms with Gasteiger partial charge in [-0.25, -0.2) is 0 Å². The van der Waals surface area contributed by atoms with Crippen LogP contribution in [0.5, 0.6) is 0 Å². The van der Waals surface area contributed by atoms with E-state index in [1.54, 1.807) is 0 Å². The Kier molecular flexibility index (Phi) is 23.5. The number of carbonyl (C=O) groups is 1. The number of rotatable bonds is 24. The lowest BCUT2D eigenvalue weighted by Crippen LogP contribution is -2.27. The molecule has 0 aliphatic rings. The lowest BCUT2D eigenvalue weighted by Gasteiger charge is -2.11. The summed E-state index contributed by atoms with van der Waals surface area (Å²) in [5, 5.41) is 2.94. The summed E-state index contributed by atoms with van der Waals surface area (Å²) >= 11 is 0. The van der Waals surface area contributed by atoms with Gasteiger partial charge >= 0.3 is 0 Å². The molecule has 0 aromatic rings. The van der Waals surface area contributed by atoms with Crippen LogP contribution in [0.2, 0.25) is 0 Å². The van der Waals surface area contributed by atoms with Gasteiger partial charge in [0, 0.05) is 26.2 Å². The number of amides is 1. The second kappa shape index (κ2) is 24.0. The van der Waals surface area contributed by atoms with E-state index in [0.29, 0.717) is 38.9 Å². The molecule has 0 aliphatic carbocycles. The third-order valence-corrected chi connectivity index (χ3v) is 5.75. The predicted octanol–water partition coefficient (Wildman–Crippen LogP) is 6.29. The van der Waals surface area contributed by atoms with Crippen molar-refractivity contribution in [3.63, 3.8) is 0 Å². The van der Waals surface area contributed by atoms with Gasteiger partial charge in [-0.05, 0) is 44.9 Å². The molecule has 0 fully saturated rings. The van der Waals surface area contributed by atoms with Gasteiger partial charge in [0.15, 0.2) is 0 Å². The Morgan fingerprint density at radius 1 is 0.742 bits per heavy atom. The smallest absolute Gasteiger partial charge is 0.220 e. The number of nitrogens with one attached hydrogen (secondary N) is 1. The van der Waals surface area contributed by atoms with Crippen LogP contribution < -0.4 is 5.32 Å². The molecule has 0 rings (SSSR count). The summed E-state index contributed by atoms with van der Waals surface area (Å²) in [5.74, 6) is 0.946. The largest absolute Gasteiger partial charge is 0.379 e. The maximum absolute atomic E-state index is 11.8. The van der Waals surface area contributed by atoms with E-state index in [1.807, 2.05) is 0 Å². The molecule has 186 valence electrons. The summed E-state index contributed by atoms with van der Waals surface area (Å²) in [6.07, 6.45) is 15.3. The second-order valence-corrected chi connectivity index (χ2v) is 8.93. The highest BCUT2D eigenvalue weighted by molar-refractivity contribution is 5.75. The molecule has 5 heteroatoms. The van der Waals surface area contributed by atoms with Crippen LogP contribution in [0.1, 0.15) is 111 Å². The van der Waals surface area contributed by atoms with Crippen molar-refractivity contribution in [2.45, 2.75) is 117 Å². The molecule has 0 saturated heterocycles. The van der Waals surface area contributed by atoms with Crippen molar-refractivity contribution in [2.75, 3.05) is 39.6 Å². The molecule has 5 nitrogen and oxygen atoms in total. The van der Waals surface area contributed by atoms with E-state index in [4.69, 9.17) is 14.2 Å². The van der Waals surface area contributed by atoms with Crippen LogP contribution in [0.15, 0.2) is 0 Å². The molecule has 0 bridgehead atoms. The monoisotopic (exact) mass is 443 g/mol. The van der Waals surface area contributed by atoms with Crippen molar-refractivity contribution in [1.82, 2.24) is 5.32 Å². The first-order valence-electron chi connectivity index (χ1n) is 13.1. The topological polar surface area (TPSA) is 56.8 Å². The average Bonchev–Trinajstić information content (AvgIpc) is 2.77. The van der Waals surface area contributed by atoms with Crippen LogP contribution in [-0.2, 0) is 19.0 Å². The Hall–Kier alpha value is -0.650. The molecular formula is C26H53NO4. The van der Waals surface area contributed by atoms with Crippen molar-refractivity contribution in [3.05, 3.63) is 0 Å². The van der Waals surface area contributed by atoms with Gasteiger partial charge < -0.3 is 19.5 Å². The molecule has 0 aliphatic heterocycles. The first kappa shape index (κ1) is 30.4. The molecule has 31 heavy (non-hydrogen) atoms. The highest BCUT2D eigenvalue weighted by atomic mass is 16.5. The van der Waals surface area contributed by atoms with E-state index in [1.165, 1.54) is 44.9 Å². The van der Waals surface area contributed by atoms with Gasteiger partial charge in [0.05, 0.1) is 25.9 Å². The fraction of sp³-hybridized carbons (Fsp3) is 0.962. The third-order valence-electron chi connectivity index (χ3n) is 5.75. The quantitative estimate of drug-likeness (QED) is 0.178. The Balaban J connectivity index is 3.23. The van der Waals surface area contributed by atoms with Crippen molar-refractivity contribution in [3.8, 4) is 0 Å². The summed E-state index contributed by atoms with van der Waals surface area (Å²) in [7, 11) is 0. The van der Waals surface area contributed by atoms with E-state index in [9.17, 15) is 4.79 Å². The van der Waals surface area contributed by atoms with Gasteiger partial charge in [0.2, 0.25) is 5.91 Å². The highest BCUT2D eigenvalue weighted by Gasteiger charge is 2.02. The van der Waals surface area contributed by atoms with Crippen LogP contribution in [0.4, 0.5) is 0 Å². The summed E-state index contributed by atoms with van der Waals surface area (Å²) < 4.78 is 16.8. The minimum absolute atomic E-state index is 0.138. The van der Waals surface area contributed by atoms with E-state index in [0.717, 1.165) is 51.2 Å². The van der Waals surface area contributed by atoms with Gasteiger partial charge in [0.25, 0.3) is 0 Å². The van der Waals surface area contributed by atoms with E-state index in [2.05, 4.69) is 33.0 Å². The molecule has 1 amide bonds. The zero-order chi connectivity index (χ0) is 23.0. The molecule has 0 aromatic carbocycles. The minimum atomic E-state index is 0.138. The number of hydrogen-bond acceptors (Lipinski definition) is 4. The van der Waals surface area contributed by atoms with Crippen LogP contribution in [0.25, 0.3) is 0 Å². The first-order valence-corrected chi connectivity index (χ1v) is 13.1. The summed E-state index contributed by atoms with van der Waals surface area (Å²) in [5.41, 5.74) is 0. The molecule has 1 N–H and O–H groups in total. The summed E-state index contributed by atoms with van der Waals surface area (Å²) in [6, 6.07) is 0. The van der Waals surface area contributed by atoms with E-state index < -0.39 is 0 Å². The maximum atomic E-state index is 11.8. The van der Waals surface area contributed by atoms with E-state index >= 15 is 0 Å². The van der Waals surface area contributed by atoms with Gasteiger partial charge in [-0.2, -0.15) is 0 Å². The minimum Gasteiger partial charge on any atom is -0.379 e. The Labute approximate surface area is 193 Å². The summed E-state index contributed by atoms with van der Waals surface area (Å²) in [6.45, 7) is 12.9. The van der Waals surface area contributed by atoms with Crippen molar-refractivity contribution in [1.29, 1.82) is 0 Å². The number of carbonyl (C=O) groups excluding carboxylic acids is 1. The zero-order valence-electron chi connectivity index (χ0n) is 21.2. The maximum Gasteiger partial charge on any atom is 0.220 e. The van der Waals surface area contributed by atoms with Crippen molar-refractivity contribution < 1.29 is 19.0 Å². The molecule has 0 radical (unpaired) electrons. The normalized spacial score (nSPS) is 13.3. The van der Waals surface area contributed by atoms with Gasteiger partial charge in [-0.1, -0.05) is 65.7 Å². The first-order chi connectivity index (χ1) is 15.1. The molecule has 2 unspecified atom stereocenters. The Morgan fingerprint density at radius 2 is 1.39 bits per heavy atom. The van der Waals surface area contributed by atoms with Gasteiger partial charge in [-0.15, -0.1) is 0 Å². The fourth-order valence-electron chi connectivity index (χ4n) is 3.40. The van der Waals surface area contributed by atoms with Gasteiger partial charge in [-0.3, -0.25) is 4.79 Å². The van der Waals surface area contributed by atoms with Crippen LogP contribution in [-0.4, -0.2) is 51.6 Å². The lowest BCUT2D eigenvalue weighted by molar-refractivity contribution is -0.121. The average molecular weight is 444 g/mol. The van der Waals surface area contributed by atoms with Crippen molar-refractivity contribution in [2.24, 2.45) is 5.92 Å². The molecular weight excluding hydrogens is 390 g/mol. The molecule has 0 saturated carbocycles. The Morgan fingerprint density at radius 3 is 2.10 bits per heavy atom. The molecule has 0 heterocycles. The number of ether oxygens (including phenoxy) is 3. The fourth-order valence-corrected chi connectivity index (χ4v) is 3.40. The SMILES string of the molecule is CCCCC(C)CCCOCCOCCNC(=O)CCCCCCCCOC(C)CC. The summed E-state index contributed by atoms with van der Waals surface area (Å²) in [4.78, 5) is 11.8. The van der Waals surface area contributed by atoms with Crippen LogP contribution in [0, 0.1) is 5.92 Å². The third kappa shape index (κ3) is 23.8. The van der Waals surface area contributed by atoms with Crippen molar-refractivity contribution >= 4 is 5.91 Å². The highest BCUT2D eigenvalue weighted by Crippen LogP contribution is 2.13. The van der Waals surface area contributed by atoms with Gasteiger partial charge in [0.1, 0.15) is 0 Å². The standard InChI is InChI=1S/C26H53NO4/c1-5-7-15-24(3)16-14-19-29-22-23-30-21-18-27-26(28)17-12-10-8-9-11-13-20-31-25(4)6-2/h24-25H,5-23H2,1-4H3,(H,27,28). The van der Waals surface area contributed by atoms with Crippen LogP contribution in [0.3, 0.4) is 0 Å². The van der Waals surface area contributed by atoms with Crippen LogP contribution >= 0.6 is 0 Å². The van der Waals surface area contributed by atoms with E-state index in [-0.39, 0.29) is 5.91 Å². The number of unbranched alkanes of at least 4 members (excludes halogenated alkanes) is 6. The molecule has 0 spiro atoms.